The van der Waals surface area contributed by atoms with Crippen LogP contribution in [0.1, 0.15) is 0 Å². The third kappa shape index (κ3) is 1640. The molecular weight excluding hydrogens is 1720 g/mol. The molecule has 0 saturated carbocycles. The zero-order valence-electron chi connectivity index (χ0n) is 47.4. The van der Waals surface area contributed by atoms with Crippen molar-refractivity contribution < 1.29 is 246 Å². The first-order valence-corrected chi connectivity index (χ1v) is 0. The van der Waals surface area contributed by atoms with Crippen LogP contribution in [0.2, 0.25) is 0 Å². The standard InChI is InChI=1S/41Mg.45O/q41*+2;45*-2. The molecule has 0 aromatic rings. The maximum Gasteiger partial charge on any atom is 2.00 e. The van der Waals surface area contributed by atoms with Crippen LogP contribution in [-0.2, 0) is 246 Å². The van der Waals surface area contributed by atoms with E-state index in [1.165, 1.54) is 0 Å². The summed E-state index contributed by atoms with van der Waals surface area (Å²) in [4.78, 5) is 0. The number of rotatable bonds is 0. The zero-order chi connectivity index (χ0) is 0. The molecule has 0 unspecified atom stereocenters. The Morgan fingerprint density at radius 2 is 0.0233 bits per heavy atom. The summed E-state index contributed by atoms with van der Waals surface area (Å²) >= 11 is 0. The Hall–Kier alpha value is 29.6. The van der Waals surface area contributed by atoms with Gasteiger partial charge in [0.2, 0.25) is 0 Å². The summed E-state index contributed by atoms with van der Waals surface area (Å²) in [7, 11) is 0. The molecule has 0 fully saturated rings. The second kappa shape index (κ2) is 1690. The normalized spacial score (nSPS) is 0. The average molecular weight is 1720 g/mol. The zero-order valence-corrected chi connectivity index (χ0v) is 105. The average Bonchev–Trinajstić information content (AvgIpc) is 0. The van der Waals surface area contributed by atoms with Crippen LogP contribution in [0.4, 0.5) is 0 Å². The van der Waals surface area contributed by atoms with Crippen LogP contribution in [-0.4, -0.2) is 945 Å². The van der Waals surface area contributed by atoms with Gasteiger partial charge in [-0.3, -0.25) is 0 Å². The van der Waals surface area contributed by atoms with E-state index in [4.69, 9.17) is 0 Å². The summed E-state index contributed by atoms with van der Waals surface area (Å²) in [5.74, 6) is 0. The quantitative estimate of drug-likeness (QED) is 0.204. The fourth-order valence-electron chi connectivity index (χ4n) is 0. The van der Waals surface area contributed by atoms with Crippen molar-refractivity contribution in [3.63, 3.8) is 0 Å². The Bertz CT molecular complexity index is 85.9. The Morgan fingerprint density at radius 1 is 0.0233 bits per heavy atom. The van der Waals surface area contributed by atoms with E-state index < -0.39 is 0 Å². The van der Waals surface area contributed by atoms with Gasteiger partial charge in [-0.1, -0.05) is 0 Å². The van der Waals surface area contributed by atoms with Crippen LogP contribution in [0.15, 0.2) is 0 Å². The van der Waals surface area contributed by atoms with Crippen molar-refractivity contribution in [3.05, 3.63) is 0 Å². The molecule has 0 N–H and O–H groups in total. The molecule has 0 bridgehead atoms. The van der Waals surface area contributed by atoms with Crippen molar-refractivity contribution in [2.75, 3.05) is 0 Å². The largest absolute Gasteiger partial charge is 2.00 e. The molecule has 0 atom stereocenters. The van der Waals surface area contributed by atoms with Crippen LogP contribution < -0.4 is 0 Å². The SMILES string of the molecule is [Mg+2].[Mg+2].[Mg+2].[Mg+2].[Mg+2].[Mg+2].[Mg+2].[Mg+2].[Mg+2].[Mg+2].[Mg+2].[Mg+2].[Mg+2].[Mg+2].[Mg+2].[Mg+2].[Mg+2].[Mg+2].[Mg+2].[Mg+2].[Mg+2].[Mg+2].[Mg+2].[Mg+2].[Mg+2].[Mg+2].[Mg+2].[Mg+2].[Mg+2].[Mg+2].[Mg+2].[Mg+2].[Mg+2].[Mg+2].[Mg+2].[Mg+2].[Mg+2].[Mg+2].[Mg+2].[Mg+2].[Mg+2].[O-2].[O-2].[O-2].[O-2].[O-2].[O-2].[O-2].[O-2].[O-2].[O-2].[O-2].[O-2].[O-2].[O-2].[O-2].[O-2].[O-2].[O-2].[O-2].[O-2].[O-2].[O-2].[O-2].[O-2].[O-2].[O-2].[O-2].[O-2].[O-2].[O-2].[O-2].[O-2].[O-2].[O-2].[O-2].[O-2].[O-2].[O-2].[O-2].[O-2].[O-2].[O-2].[O-2].[O-2].[O-2]. The van der Waals surface area contributed by atoms with Gasteiger partial charge in [-0.15, -0.1) is 0 Å². The summed E-state index contributed by atoms with van der Waals surface area (Å²) in [5, 5.41) is 0. The molecule has 0 aromatic heterocycles. The predicted octanol–water partition coefficient (Wildman–Crippen LogP) is -21.0. The van der Waals surface area contributed by atoms with Gasteiger partial charge in [0.05, 0.1) is 0 Å². The summed E-state index contributed by atoms with van der Waals surface area (Å²) in [6, 6.07) is 0. The molecule has 0 aromatic carbocycles. The minimum atomic E-state index is 0. The van der Waals surface area contributed by atoms with Crippen LogP contribution in [0.5, 0.6) is 0 Å². The van der Waals surface area contributed by atoms with E-state index in [1.807, 2.05) is 0 Å². The van der Waals surface area contributed by atoms with Gasteiger partial charge in [-0.25, -0.2) is 0 Å². The van der Waals surface area contributed by atoms with E-state index in [-0.39, 0.29) is 1190 Å². The van der Waals surface area contributed by atoms with E-state index in [0.717, 1.165) is 0 Å². The van der Waals surface area contributed by atoms with Crippen LogP contribution in [0.3, 0.4) is 0 Å². The van der Waals surface area contributed by atoms with Crippen molar-refractivity contribution >= 4 is 945 Å². The molecule has 0 aliphatic heterocycles. The van der Waals surface area contributed by atoms with Gasteiger partial charge in [0.15, 0.2) is 0 Å². The fourth-order valence-corrected chi connectivity index (χ4v) is 0. The van der Waals surface area contributed by atoms with Crippen molar-refractivity contribution in [1.29, 1.82) is 0 Å². The van der Waals surface area contributed by atoms with Gasteiger partial charge >= 0.3 is 945 Å². The molecule has 0 spiro atoms. The topological polar surface area (TPSA) is 1280 Å². The molecule has 0 heterocycles. The first-order chi connectivity index (χ1) is 0. The van der Waals surface area contributed by atoms with Crippen LogP contribution >= 0.6 is 0 Å². The summed E-state index contributed by atoms with van der Waals surface area (Å²) in [6.45, 7) is 0. The van der Waals surface area contributed by atoms with Crippen molar-refractivity contribution in [2.24, 2.45) is 0 Å². The molecule has 0 aliphatic rings. The van der Waals surface area contributed by atoms with E-state index >= 15 is 0 Å². The molecule has 0 rings (SSSR count). The van der Waals surface area contributed by atoms with Crippen molar-refractivity contribution in [1.82, 2.24) is 0 Å². The smallest absolute Gasteiger partial charge is 2.00 e. The second-order valence-electron chi connectivity index (χ2n) is 0. The van der Waals surface area contributed by atoms with E-state index in [1.54, 1.807) is 0 Å². The second-order valence-corrected chi connectivity index (χ2v) is 0. The molecule has 0 radical (unpaired) electrons. The van der Waals surface area contributed by atoms with Crippen LogP contribution in [0, 0.1) is 0 Å². The van der Waals surface area contributed by atoms with Crippen molar-refractivity contribution in [2.45, 2.75) is 0 Å². The molecule has 45 nitrogen and oxygen atoms in total. The Labute approximate surface area is 1160 Å². The van der Waals surface area contributed by atoms with Gasteiger partial charge in [-0.05, 0) is 0 Å². The maximum absolute atomic E-state index is 0. The van der Waals surface area contributed by atoms with Gasteiger partial charge in [0, 0.05) is 0 Å². The first kappa shape index (κ1) is 1730. The number of hydrogen-bond acceptors (Lipinski definition) is 0. The van der Waals surface area contributed by atoms with Gasteiger partial charge in [0.1, 0.15) is 0 Å². The van der Waals surface area contributed by atoms with E-state index in [2.05, 4.69) is 0 Å². The first-order valence-electron chi connectivity index (χ1n) is 0. The van der Waals surface area contributed by atoms with E-state index in [9.17, 15) is 0 Å². The van der Waals surface area contributed by atoms with Gasteiger partial charge in [-0.2, -0.15) is 0 Å². The predicted molar refractivity (Wildman–Crippen MR) is 267 cm³/mol. The van der Waals surface area contributed by atoms with Crippen molar-refractivity contribution in [3.8, 4) is 0 Å². The molecule has 0 aliphatic carbocycles. The summed E-state index contributed by atoms with van der Waals surface area (Å²) in [6.07, 6.45) is 0. The Kier molecular flexibility index (Phi) is 34000. The molecule has 86 heavy (non-hydrogen) atoms. The monoisotopic (exact) mass is 1700 g/mol. The van der Waals surface area contributed by atoms with E-state index in [0.29, 0.717) is 0 Å². The molecular formula is Mg41O45-8. The summed E-state index contributed by atoms with van der Waals surface area (Å²) in [5.41, 5.74) is 0. The Balaban J connectivity index is 0. The fraction of sp³-hybridized carbons (Fsp3) is 0. The van der Waals surface area contributed by atoms with Gasteiger partial charge < -0.3 is 246 Å². The molecule has 0 saturated heterocycles. The van der Waals surface area contributed by atoms with Gasteiger partial charge in [0.25, 0.3) is 0 Å². The third-order valence-corrected chi connectivity index (χ3v) is 0. The minimum Gasteiger partial charge on any atom is -2.00 e. The van der Waals surface area contributed by atoms with Crippen LogP contribution in [0.25, 0.3) is 0 Å². The summed E-state index contributed by atoms with van der Waals surface area (Å²) < 4.78 is 0. The Morgan fingerprint density at radius 3 is 0.0233 bits per heavy atom. The molecule has 86 heteroatoms. The third-order valence-electron chi connectivity index (χ3n) is 0. The molecule has 0 amide bonds. The minimum absolute atomic E-state index is 0. The maximum atomic E-state index is 0. The molecule has 360 valence electrons. The number of hydrogen-bond donors (Lipinski definition) is 0.